The van der Waals surface area contributed by atoms with Gasteiger partial charge in [0, 0.05) is 5.39 Å². The summed E-state index contributed by atoms with van der Waals surface area (Å²) in [5.74, 6) is 2.79. The zero-order valence-corrected chi connectivity index (χ0v) is 14.5. The molecule has 0 amide bonds. The van der Waals surface area contributed by atoms with E-state index in [0.717, 1.165) is 42.8 Å². The second-order valence-corrected chi connectivity index (χ2v) is 6.65. The summed E-state index contributed by atoms with van der Waals surface area (Å²) in [5.41, 5.74) is 0.967. The van der Waals surface area contributed by atoms with E-state index in [1.54, 1.807) is 13.4 Å². The molecule has 2 unspecified atom stereocenters. The molecule has 134 valence electrons. The molecule has 2 fully saturated rings. The van der Waals surface area contributed by atoms with E-state index in [4.69, 9.17) is 9.47 Å². The van der Waals surface area contributed by atoms with Crippen molar-refractivity contribution in [3.63, 3.8) is 0 Å². The molecule has 0 saturated carbocycles. The van der Waals surface area contributed by atoms with Gasteiger partial charge in [-0.15, -0.1) is 0 Å². The summed E-state index contributed by atoms with van der Waals surface area (Å²) < 4.78 is 11.4. The minimum Gasteiger partial charge on any atom is -0.490 e. The van der Waals surface area contributed by atoms with E-state index in [1.165, 1.54) is 0 Å². The van der Waals surface area contributed by atoms with Crippen LogP contribution in [0, 0.1) is 0 Å². The van der Waals surface area contributed by atoms with E-state index in [0.29, 0.717) is 29.5 Å². The molecule has 0 spiro atoms. The number of anilines is 3. The van der Waals surface area contributed by atoms with Crippen LogP contribution < -0.4 is 15.0 Å². The lowest BCUT2D eigenvalue weighted by Gasteiger charge is -2.36. The van der Waals surface area contributed by atoms with Crippen molar-refractivity contribution < 1.29 is 9.47 Å². The van der Waals surface area contributed by atoms with Gasteiger partial charge in [-0.1, -0.05) is 12.1 Å². The number of aromatic amines is 1. The Hall–Kier alpha value is -2.87. The number of morpholine rings is 1. The highest BCUT2D eigenvalue weighted by atomic mass is 16.5. The minimum atomic E-state index is 0.344. The van der Waals surface area contributed by atoms with Gasteiger partial charge >= 0.3 is 0 Å². The molecule has 2 aliphatic heterocycles. The molecule has 2 bridgehead atoms. The summed E-state index contributed by atoms with van der Waals surface area (Å²) in [4.78, 5) is 11.3. The number of hydrogen-bond acceptors (Lipinski definition) is 7. The molecule has 1 aromatic carbocycles. The number of H-pyrrole nitrogens is 1. The molecule has 3 aromatic rings. The van der Waals surface area contributed by atoms with Gasteiger partial charge < -0.3 is 19.7 Å². The molecule has 2 aromatic heterocycles. The Balaban J connectivity index is 1.54. The second kappa shape index (κ2) is 6.14. The van der Waals surface area contributed by atoms with Crippen molar-refractivity contribution in [3.05, 3.63) is 30.6 Å². The third-order valence-electron chi connectivity index (χ3n) is 5.18. The van der Waals surface area contributed by atoms with Crippen LogP contribution in [0.3, 0.4) is 0 Å². The van der Waals surface area contributed by atoms with Gasteiger partial charge in [0.25, 0.3) is 0 Å². The van der Waals surface area contributed by atoms with Gasteiger partial charge in [0.1, 0.15) is 6.33 Å². The lowest BCUT2D eigenvalue weighted by Crippen LogP contribution is -2.46. The van der Waals surface area contributed by atoms with Gasteiger partial charge in [-0.3, -0.25) is 5.10 Å². The first-order chi connectivity index (χ1) is 12.8. The number of methoxy groups -OCH3 is 1. The number of benzene rings is 1. The molecule has 2 saturated heterocycles. The predicted molar refractivity (Wildman–Crippen MR) is 98.1 cm³/mol. The van der Waals surface area contributed by atoms with Gasteiger partial charge in [-0.05, 0) is 25.0 Å². The maximum atomic E-state index is 5.71. The first-order valence-electron chi connectivity index (χ1n) is 8.80. The predicted octanol–water partition coefficient (Wildman–Crippen LogP) is 2.47. The zero-order valence-electron chi connectivity index (χ0n) is 14.5. The maximum absolute atomic E-state index is 5.71. The zero-order chi connectivity index (χ0) is 17.5. The topological polar surface area (TPSA) is 88.2 Å². The van der Waals surface area contributed by atoms with Crippen LogP contribution >= 0.6 is 0 Å². The fraction of sp³-hybridized carbons (Fsp3) is 0.389. The van der Waals surface area contributed by atoms with Crippen molar-refractivity contribution in [1.82, 2.24) is 20.2 Å². The average molecular weight is 352 g/mol. The lowest BCUT2D eigenvalue weighted by molar-refractivity contribution is 0.0899. The van der Waals surface area contributed by atoms with Crippen molar-refractivity contribution >= 4 is 28.4 Å². The number of nitrogens with one attached hydrogen (secondary N) is 2. The van der Waals surface area contributed by atoms with Gasteiger partial charge in [0.15, 0.2) is 17.5 Å². The van der Waals surface area contributed by atoms with Gasteiger partial charge in [0.2, 0.25) is 5.75 Å². The third-order valence-corrected chi connectivity index (χ3v) is 5.18. The molecule has 0 radical (unpaired) electrons. The molecule has 8 heteroatoms. The Bertz CT molecular complexity index is 926. The van der Waals surface area contributed by atoms with Crippen molar-refractivity contribution in [2.75, 3.05) is 30.5 Å². The number of nitrogens with zero attached hydrogens (tertiary/aromatic N) is 4. The van der Waals surface area contributed by atoms with Crippen LogP contribution in [0.5, 0.6) is 5.75 Å². The normalized spacial score (nSPS) is 22.0. The van der Waals surface area contributed by atoms with E-state index in [1.807, 2.05) is 24.3 Å². The summed E-state index contributed by atoms with van der Waals surface area (Å²) in [6.07, 6.45) is 3.80. The summed E-state index contributed by atoms with van der Waals surface area (Å²) in [5, 5.41) is 11.7. The number of para-hydroxylation sites is 1. The second-order valence-electron chi connectivity index (χ2n) is 6.65. The SMILES string of the molecule is COc1c(Nc2n[nH]c3ccccc23)ncnc1N1C2CCC1COC2. The smallest absolute Gasteiger partial charge is 0.204 e. The van der Waals surface area contributed by atoms with Crippen LogP contribution in [0.25, 0.3) is 10.9 Å². The van der Waals surface area contributed by atoms with E-state index in [9.17, 15) is 0 Å². The quantitative estimate of drug-likeness (QED) is 0.746. The summed E-state index contributed by atoms with van der Waals surface area (Å²) in [6, 6.07) is 8.65. The Morgan fingerprint density at radius 1 is 1.15 bits per heavy atom. The van der Waals surface area contributed by atoms with Crippen molar-refractivity contribution in [1.29, 1.82) is 0 Å². The number of fused-ring (bicyclic) bond motifs is 3. The monoisotopic (exact) mass is 352 g/mol. The van der Waals surface area contributed by atoms with E-state index in [-0.39, 0.29) is 0 Å². The van der Waals surface area contributed by atoms with Crippen molar-refractivity contribution in [2.24, 2.45) is 0 Å². The molecule has 2 atom stereocenters. The summed E-state index contributed by atoms with van der Waals surface area (Å²) in [6.45, 7) is 1.47. The Kier molecular flexibility index (Phi) is 3.63. The maximum Gasteiger partial charge on any atom is 0.204 e. The third kappa shape index (κ3) is 2.37. The molecular formula is C18H20N6O2. The highest BCUT2D eigenvalue weighted by Crippen LogP contribution is 2.41. The average Bonchev–Trinajstić information content (AvgIpc) is 3.19. The number of ether oxygens (including phenoxy) is 2. The van der Waals surface area contributed by atoms with Crippen LogP contribution in [0.2, 0.25) is 0 Å². The van der Waals surface area contributed by atoms with Gasteiger partial charge in [-0.25, -0.2) is 9.97 Å². The van der Waals surface area contributed by atoms with Crippen LogP contribution in [-0.4, -0.2) is 52.6 Å². The Labute approximate surface area is 150 Å². The van der Waals surface area contributed by atoms with E-state index < -0.39 is 0 Å². The van der Waals surface area contributed by atoms with Crippen LogP contribution in [0.1, 0.15) is 12.8 Å². The Morgan fingerprint density at radius 2 is 1.96 bits per heavy atom. The molecule has 4 heterocycles. The number of rotatable bonds is 4. The standard InChI is InChI=1S/C18H20N6O2/c1-25-15-17(21-16-13-4-2-3-5-14(13)22-23-16)19-10-20-18(15)24-11-6-7-12(24)9-26-8-11/h2-5,10-12H,6-9H2,1H3,(H2,19,20,21,22,23). The molecule has 26 heavy (non-hydrogen) atoms. The highest BCUT2D eigenvalue weighted by molar-refractivity contribution is 5.91. The van der Waals surface area contributed by atoms with Gasteiger partial charge in [0.05, 0.1) is 37.9 Å². The summed E-state index contributed by atoms with van der Waals surface area (Å²) >= 11 is 0. The number of hydrogen-bond donors (Lipinski definition) is 2. The highest BCUT2D eigenvalue weighted by Gasteiger charge is 2.40. The molecular weight excluding hydrogens is 332 g/mol. The van der Waals surface area contributed by atoms with Crippen molar-refractivity contribution in [3.8, 4) is 5.75 Å². The molecule has 0 aliphatic carbocycles. The number of aromatic nitrogens is 4. The van der Waals surface area contributed by atoms with Crippen LogP contribution in [0.15, 0.2) is 30.6 Å². The first-order valence-corrected chi connectivity index (χ1v) is 8.80. The van der Waals surface area contributed by atoms with E-state index >= 15 is 0 Å². The van der Waals surface area contributed by atoms with Gasteiger partial charge in [-0.2, -0.15) is 5.10 Å². The minimum absolute atomic E-state index is 0.344. The fourth-order valence-electron chi connectivity index (χ4n) is 3.97. The lowest BCUT2D eigenvalue weighted by atomic mass is 10.2. The molecule has 2 N–H and O–H groups in total. The molecule has 2 aliphatic rings. The van der Waals surface area contributed by atoms with Crippen molar-refractivity contribution in [2.45, 2.75) is 24.9 Å². The summed E-state index contributed by atoms with van der Waals surface area (Å²) in [7, 11) is 1.65. The largest absolute Gasteiger partial charge is 0.490 e. The molecule has 8 nitrogen and oxygen atoms in total. The first kappa shape index (κ1) is 15.4. The fourth-order valence-corrected chi connectivity index (χ4v) is 3.97. The van der Waals surface area contributed by atoms with Crippen LogP contribution in [-0.2, 0) is 4.74 Å². The Morgan fingerprint density at radius 3 is 2.77 bits per heavy atom. The molecule has 5 rings (SSSR count). The van der Waals surface area contributed by atoms with E-state index in [2.05, 4.69) is 30.4 Å². The van der Waals surface area contributed by atoms with Crippen LogP contribution in [0.4, 0.5) is 17.5 Å².